The molecule has 0 saturated heterocycles. The molecule has 0 amide bonds. The van der Waals surface area contributed by atoms with Crippen molar-refractivity contribution in [2.24, 2.45) is 0 Å². The van der Waals surface area contributed by atoms with E-state index in [9.17, 15) is 0 Å². The van der Waals surface area contributed by atoms with E-state index in [-0.39, 0.29) is 0 Å². The summed E-state index contributed by atoms with van der Waals surface area (Å²) >= 11 is 0. The topological polar surface area (TPSA) is 16.4 Å². The molecule has 60 heavy (non-hydrogen) atoms. The molecule has 282 valence electrons. The van der Waals surface area contributed by atoms with Crippen LogP contribution in [0.2, 0.25) is 0 Å². The molecule has 0 aliphatic carbocycles. The second kappa shape index (κ2) is 15.1. The smallest absolute Gasteiger partial charge is 0.143 e. The summed E-state index contributed by atoms with van der Waals surface area (Å²) in [5.74, 6) is 0. The van der Waals surface area contributed by atoms with Crippen molar-refractivity contribution in [2.75, 3.05) is 4.90 Å². The van der Waals surface area contributed by atoms with Crippen LogP contribution < -0.4 is 4.90 Å². The molecule has 2 heteroatoms. The molecule has 0 aliphatic rings. The second-order valence-corrected chi connectivity index (χ2v) is 15.3. The molecule has 0 bridgehead atoms. The van der Waals surface area contributed by atoms with Gasteiger partial charge in [-0.2, -0.15) is 0 Å². The number of anilines is 3. The third-order valence-corrected chi connectivity index (χ3v) is 11.7. The van der Waals surface area contributed by atoms with E-state index in [1.165, 1.54) is 44.2 Å². The van der Waals surface area contributed by atoms with Crippen molar-refractivity contribution < 1.29 is 4.42 Å². The Morgan fingerprint density at radius 2 is 0.767 bits per heavy atom. The van der Waals surface area contributed by atoms with E-state index < -0.39 is 0 Å². The average molecular weight is 766 g/mol. The van der Waals surface area contributed by atoms with E-state index in [2.05, 4.69) is 235 Å². The van der Waals surface area contributed by atoms with Crippen molar-refractivity contribution >= 4 is 49.8 Å². The Labute approximate surface area is 349 Å². The van der Waals surface area contributed by atoms with Crippen LogP contribution in [0.3, 0.4) is 0 Å². The van der Waals surface area contributed by atoms with E-state index in [4.69, 9.17) is 4.42 Å². The predicted molar refractivity (Wildman–Crippen MR) is 253 cm³/mol. The number of hydrogen-bond donors (Lipinski definition) is 0. The van der Waals surface area contributed by atoms with Gasteiger partial charge in [0.25, 0.3) is 0 Å². The van der Waals surface area contributed by atoms with Crippen LogP contribution in [0.4, 0.5) is 17.1 Å². The van der Waals surface area contributed by atoms with E-state index in [1.807, 2.05) is 6.07 Å². The highest BCUT2D eigenvalue weighted by Gasteiger charge is 2.18. The third kappa shape index (κ3) is 6.41. The van der Waals surface area contributed by atoms with Crippen LogP contribution >= 0.6 is 0 Å². The zero-order valence-electron chi connectivity index (χ0n) is 32.9. The second-order valence-electron chi connectivity index (χ2n) is 15.3. The maximum absolute atomic E-state index is 6.51. The normalized spacial score (nSPS) is 11.3. The number of furan rings is 1. The van der Waals surface area contributed by atoms with E-state index in [1.54, 1.807) is 0 Å². The predicted octanol–water partition coefficient (Wildman–Crippen LogP) is 16.5. The molecular weight excluding hydrogens is 727 g/mol. The van der Waals surface area contributed by atoms with Gasteiger partial charge < -0.3 is 9.32 Å². The Bertz CT molecular complexity index is 3270. The van der Waals surface area contributed by atoms with Crippen LogP contribution in [-0.4, -0.2) is 0 Å². The zero-order valence-corrected chi connectivity index (χ0v) is 32.9. The number of nitrogens with zero attached hydrogens (tertiary/aromatic N) is 1. The van der Waals surface area contributed by atoms with E-state index >= 15 is 0 Å². The Hall–Kier alpha value is -7.94. The van der Waals surface area contributed by atoms with Gasteiger partial charge >= 0.3 is 0 Å². The van der Waals surface area contributed by atoms with Crippen LogP contribution in [0.25, 0.3) is 88.3 Å². The fraction of sp³-hybridized carbons (Fsp3) is 0. The molecule has 0 spiro atoms. The Kier molecular flexibility index (Phi) is 8.87. The molecule has 0 atom stereocenters. The van der Waals surface area contributed by atoms with Gasteiger partial charge in [0.1, 0.15) is 11.2 Å². The molecular formula is C58H39NO. The molecule has 0 radical (unpaired) electrons. The standard InChI is InChI=1S/C58H39NO/c1-4-14-41(15-5-1)52-36-35-49(39-55(52)44-18-8-3-9-19-44)59(48-33-28-45(29-34-48)51-23-12-21-42-20-10-11-22-50(42)51)47-31-26-40(27-32-47)46-30-37-57-56(38-46)54-25-13-24-53(58(54)60-57)43-16-6-2-7-17-43/h1-39H. The number of rotatable bonds is 8. The Morgan fingerprint density at radius 3 is 1.47 bits per heavy atom. The molecule has 0 saturated carbocycles. The maximum atomic E-state index is 6.51. The highest BCUT2D eigenvalue weighted by Crippen LogP contribution is 2.43. The molecule has 0 fully saturated rings. The number of fused-ring (bicyclic) bond motifs is 4. The number of benzene rings is 10. The van der Waals surface area contributed by atoms with Gasteiger partial charge in [-0.25, -0.2) is 0 Å². The van der Waals surface area contributed by atoms with Crippen molar-refractivity contribution in [3.8, 4) is 55.6 Å². The molecule has 0 aliphatic heterocycles. The number of hydrogen-bond acceptors (Lipinski definition) is 2. The van der Waals surface area contributed by atoms with Gasteiger partial charge in [0.05, 0.1) is 0 Å². The quantitative estimate of drug-likeness (QED) is 0.153. The summed E-state index contributed by atoms with van der Waals surface area (Å²) in [6, 6.07) is 84.8. The molecule has 0 N–H and O–H groups in total. The lowest BCUT2D eigenvalue weighted by Crippen LogP contribution is -2.10. The van der Waals surface area contributed by atoms with Crippen LogP contribution in [0, 0.1) is 0 Å². The minimum Gasteiger partial charge on any atom is -0.455 e. The summed E-state index contributed by atoms with van der Waals surface area (Å²) in [5.41, 5.74) is 16.8. The van der Waals surface area contributed by atoms with Crippen LogP contribution in [0.1, 0.15) is 0 Å². The lowest BCUT2D eigenvalue weighted by molar-refractivity contribution is 0.670. The van der Waals surface area contributed by atoms with Crippen molar-refractivity contribution in [1.29, 1.82) is 0 Å². The largest absolute Gasteiger partial charge is 0.455 e. The van der Waals surface area contributed by atoms with Gasteiger partial charge in [-0.3, -0.25) is 0 Å². The average Bonchev–Trinajstić information content (AvgIpc) is 3.71. The summed E-state index contributed by atoms with van der Waals surface area (Å²) in [7, 11) is 0. The minimum absolute atomic E-state index is 0.889. The van der Waals surface area contributed by atoms with Gasteiger partial charge in [0.15, 0.2) is 0 Å². The summed E-state index contributed by atoms with van der Waals surface area (Å²) in [5, 5.41) is 4.73. The summed E-state index contributed by atoms with van der Waals surface area (Å²) in [4.78, 5) is 2.37. The molecule has 2 nitrogen and oxygen atoms in total. The fourth-order valence-electron chi connectivity index (χ4n) is 8.74. The highest BCUT2D eigenvalue weighted by atomic mass is 16.3. The monoisotopic (exact) mass is 765 g/mol. The Morgan fingerprint density at radius 1 is 0.267 bits per heavy atom. The fourth-order valence-corrected chi connectivity index (χ4v) is 8.74. The summed E-state index contributed by atoms with van der Waals surface area (Å²) < 4.78 is 6.51. The van der Waals surface area contributed by atoms with Crippen LogP contribution in [0.15, 0.2) is 241 Å². The molecule has 1 heterocycles. The molecule has 1 aromatic heterocycles. The summed E-state index contributed by atoms with van der Waals surface area (Å²) in [6.07, 6.45) is 0. The van der Waals surface area contributed by atoms with Crippen LogP contribution in [0.5, 0.6) is 0 Å². The van der Waals surface area contributed by atoms with Gasteiger partial charge in [-0.05, 0) is 109 Å². The van der Waals surface area contributed by atoms with E-state index in [0.29, 0.717) is 0 Å². The van der Waals surface area contributed by atoms with Gasteiger partial charge in [0.2, 0.25) is 0 Å². The SMILES string of the molecule is c1ccc(-c2ccc(N(c3ccc(-c4ccc5oc6c(-c7ccccc7)cccc6c5c4)cc3)c3ccc(-c4cccc5ccccc45)cc3)cc2-c2ccccc2)cc1. The van der Waals surface area contributed by atoms with Crippen molar-refractivity contribution in [3.05, 3.63) is 237 Å². The van der Waals surface area contributed by atoms with Gasteiger partial charge in [0, 0.05) is 33.4 Å². The first-order chi connectivity index (χ1) is 29.7. The van der Waals surface area contributed by atoms with Gasteiger partial charge in [-0.15, -0.1) is 0 Å². The molecule has 10 aromatic carbocycles. The lowest BCUT2D eigenvalue weighted by atomic mass is 9.93. The van der Waals surface area contributed by atoms with Crippen molar-refractivity contribution in [2.45, 2.75) is 0 Å². The summed E-state index contributed by atoms with van der Waals surface area (Å²) in [6.45, 7) is 0. The molecule has 11 rings (SSSR count). The molecule has 11 aromatic rings. The first-order valence-corrected chi connectivity index (χ1v) is 20.5. The maximum Gasteiger partial charge on any atom is 0.143 e. The third-order valence-electron chi connectivity index (χ3n) is 11.7. The van der Waals surface area contributed by atoms with Crippen molar-refractivity contribution in [3.63, 3.8) is 0 Å². The van der Waals surface area contributed by atoms with Gasteiger partial charge in [-0.1, -0.05) is 188 Å². The first-order valence-electron chi connectivity index (χ1n) is 20.5. The Balaban J connectivity index is 1.02. The minimum atomic E-state index is 0.889. The van der Waals surface area contributed by atoms with E-state index in [0.717, 1.165) is 61.3 Å². The number of para-hydroxylation sites is 1. The lowest BCUT2D eigenvalue weighted by Gasteiger charge is -2.27. The highest BCUT2D eigenvalue weighted by molar-refractivity contribution is 6.10. The zero-order chi connectivity index (χ0) is 39.8. The first kappa shape index (κ1) is 35.2. The molecule has 0 unspecified atom stereocenters. The van der Waals surface area contributed by atoms with Crippen molar-refractivity contribution in [1.82, 2.24) is 0 Å². The van der Waals surface area contributed by atoms with Crippen LogP contribution in [-0.2, 0) is 0 Å².